The van der Waals surface area contributed by atoms with Gasteiger partial charge in [0, 0.05) is 79.2 Å². The normalized spacial score (nSPS) is 13.4. The molecule has 3 saturated heterocycles. The summed E-state index contributed by atoms with van der Waals surface area (Å²) in [6.45, 7) is 54.1. The standard InChI is InChI=1S/C18H27NO2.C17H25NO.C16H23NO2.C12H15BrO.C12H16O.C11H23NO2Si.C10H13I.C4H9NO/c1-6-7-8-15-9-11-16(12-10-15)14(2)13-19-17(20)21-18(3,4)5;1-3-4-5-16-6-8-17(9-7-16)15(2)14-18-10-12-19-13-11-18;1-2-3-4-14-5-7-15(8-6-14)16(18)13-17-9-11-19-12-10-17;1-2-3-4-10-5-7-11(8-6-10)12(14)9-13;1-3-4-5-11-6-8-12(9-7-11)10(2)13;1-11(2,3)14-10(13)12-8-7-9-15(4,5)6;1-2-3-4-9-5-7-10(11)8-6-9;1-3-6-4-2-5-1/h9-12H,2,6-8,13H2,1,3-5H3,(H,19,20);6-9H,2-5,10-14H2,1H3;5-8H,2-4,9-13H2,1H3;5-8H,2-4,9H2,1H3;6-9H,3-5H2,1-2H3;7,9H,8H2,1-6H3,(H,12,13);5-8H,2-4H2,1H3;5H,1-4H2/b;;;;;9-7+;;. The van der Waals surface area contributed by atoms with Crippen LogP contribution in [0.2, 0.25) is 19.6 Å². The number of amides is 2. The Morgan fingerprint density at radius 2 is 0.754 bits per heavy atom. The van der Waals surface area contributed by atoms with Gasteiger partial charge in [-0.15, -0.1) is 0 Å². The monoisotopic (exact) mass is 1820 g/mol. The SMILES string of the molecule is C1COCCN1.C=C(CN1CCOCC1)c1ccc(CCCC)cc1.C=C(CNC(=O)OC(C)(C)C)c1ccc(CCCC)cc1.CC(C)(C)OC(=O)NC/C=C/[Si](C)(C)C.CCCCc1ccc(C(=O)CBr)cc1.CCCCc1ccc(C(=O)CN2CCOCC2)cc1.CCCCc1ccc(C(C)=O)cc1.CCCCc1ccc(I)cc1. The second kappa shape index (κ2) is 64.1. The number of ketones is 3. The Morgan fingerprint density at radius 3 is 1.06 bits per heavy atom. The van der Waals surface area contributed by atoms with E-state index in [-0.39, 0.29) is 23.4 Å². The van der Waals surface area contributed by atoms with Crippen LogP contribution >= 0.6 is 38.5 Å². The van der Waals surface area contributed by atoms with Gasteiger partial charge in [-0.1, -0.05) is 274 Å². The van der Waals surface area contributed by atoms with E-state index < -0.39 is 25.4 Å². The number of Topliss-reactive ketones (excluding diaryl/α,β-unsaturated/α-hetero) is 3. The van der Waals surface area contributed by atoms with Crippen molar-refractivity contribution in [3.8, 4) is 0 Å². The number of carbonyl (C=O) groups excluding carboxylic acids is 5. The molecule has 3 aliphatic rings. The minimum atomic E-state index is -1.15. The highest BCUT2D eigenvalue weighted by Gasteiger charge is 2.19. The molecule has 0 aliphatic carbocycles. The lowest BCUT2D eigenvalue weighted by molar-refractivity contribution is 0.0370. The fraction of sp³-hybridized carbons (Fsp3) is 0.530. The second-order valence-electron chi connectivity index (χ2n) is 33.1. The van der Waals surface area contributed by atoms with Gasteiger partial charge in [-0.05, 0) is 216 Å². The van der Waals surface area contributed by atoms with E-state index in [0.29, 0.717) is 25.0 Å². The molecule has 0 unspecified atom stereocenters. The quantitative estimate of drug-likeness (QED) is 0.0154. The number of unbranched alkanes of at least 4 members (excludes halogenated alkanes) is 6. The van der Waals surface area contributed by atoms with Crippen LogP contribution in [0.25, 0.3) is 11.1 Å². The molecule has 3 fully saturated rings. The van der Waals surface area contributed by atoms with Gasteiger partial charge in [-0.25, -0.2) is 9.59 Å². The van der Waals surface area contributed by atoms with Crippen molar-refractivity contribution in [2.45, 2.75) is 236 Å². The van der Waals surface area contributed by atoms with Gasteiger partial charge in [0.1, 0.15) is 11.2 Å². The van der Waals surface area contributed by atoms with Crippen molar-refractivity contribution in [1.82, 2.24) is 25.8 Å². The van der Waals surface area contributed by atoms with E-state index in [1.165, 1.54) is 138 Å². The van der Waals surface area contributed by atoms with Crippen molar-refractivity contribution >= 4 is 87.3 Å². The third-order valence-electron chi connectivity index (χ3n) is 18.6. The Hall–Kier alpha value is -6.72. The highest BCUT2D eigenvalue weighted by Crippen LogP contribution is 2.20. The first-order chi connectivity index (χ1) is 56.3. The van der Waals surface area contributed by atoms with E-state index in [2.05, 4.69) is 229 Å². The van der Waals surface area contributed by atoms with Gasteiger partial charge in [0.25, 0.3) is 0 Å². The number of nitrogens with zero attached hydrogens (tertiary/aromatic N) is 2. The second-order valence-corrected chi connectivity index (χ2v) is 40.0. The summed E-state index contributed by atoms with van der Waals surface area (Å²) < 4.78 is 27.3. The van der Waals surface area contributed by atoms with Crippen molar-refractivity contribution in [1.29, 1.82) is 0 Å². The van der Waals surface area contributed by atoms with Crippen molar-refractivity contribution in [3.63, 3.8) is 0 Å². The highest BCUT2D eigenvalue weighted by molar-refractivity contribution is 14.1. The van der Waals surface area contributed by atoms with Gasteiger partial charge in [0.15, 0.2) is 17.3 Å². The number of carbonyl (C=O) groups is 5. The van der Waals surface area contributed by atoms with Crippen LogP contribution in [0, 0.1) is 3.57 Å². The molecule has 3 heterocycles. The minimum absolute atomic E-state index is 0.141. The molecule has 118 heavy (non-hydrogen) atoms. The molecule has 0 radical (unpaired) electrons. The van der Waals surface area contributed by atoms with Crippen LogP contribution in [0.4, 0.5) is 9.59 Å². The molecule has 0 aromatic heterocycles. The summed E-state index contributed by atoms with van der Waals surface area (Å²) >= 11 is 5.50. The summed E-state index contributed by atoms with van der Waals surface area (Å²) in [5.41, 5.74) is 16.3. The molecule has 0 atom stereocenters. The number of alkyl carbamates (subject to hydrolysis) is 2. The fourth-order valence-electron chi connectivity index (χ4n) is 11.6. The number of aryl methyl sites for hydroxylation is 6. The van der Waals surface area contributed by atoms with Crippen LogP contribution in [-0.4, -0.2) is 169 Å². The Balaban J connectivity index is 0.000000465. The predicted octanol–water partition coefficient (Wildman–Crippen LogP) is 23.5. The summed E-state index contributed by atoms with van der Waals surface area (Å²) in [6.07, 6.45) is 22.9. The Labute approximate surface area is 737 Å². The van der Waals surface area contributed by atoms with Gasteiger partial charge in [0.2, 0.25) is 0 Å². The third kappa shape index (κ3) is 55.2. The molecule has 18 heteroatoms. The Bertz CT molecular complexity index is 3610. The summed E-state index contributed by atoms with van der Waals surface area (Å²) in [7, 11) is -1.15. The molecule has 3 N–H and O–H groups in total. The molecule has 3 aliphatic heterocycles. The molecule has 6 aromatic rings. The van der Waals surface area contributed by atoms with Gasteiger partial charge in [-0.3, -0.25) is 24.2 Å². The summed E-state index contributed by atoms with van der Waals surface area (Å²) in [5, 5.41) is 8.98. The molecule has 0 spiro atoms. The van der Waals surface area contributed by atoms with E-state index in [4.69, 9.17) is 23.7 Å². The number of halogens is 2. The smallest absolute Gasteiger partial charge is 0.407 e. The van der Waals surface area contributed by atoms with E-state index >= 15 is 0 Å². The van der Waals surface area contributed by atoms with E-state index in [0.717, 1.165) is 139 Å². The maximum absolute atomic E-state index is 12.2. The topological polar surface area (TPSA) is 174 Å². The maximum Gasteiger partial charge on any atom is 0.407 e. The van der Waals surface area contributed by atoms with E-state index in [1.54, 1.807) is 6.92 Å². The highest BCUT2D eigenvalue weighted by atomic mass is 127. The molecular weight excluding hydrogens is 1670 g/mol. The molecule has 654 valence electrons. The molecule has 9 rings (SSSR count). The Kier molecular flexibility index (Phi) is 58.4. The van der Waals surface area contributed by atoms with Crippen molar-refractivity contribution in [3.05, 3.63) is 235 Å². The van der Waals surface area contributed by atoms with Crippen LogP contribution < -0.4 is 16.0 Å². The molecular formula is C100H151BrIN5O10Si. The minimum Gasteiger partial charge on any atom is -0.444 e. The van der Waals surface area contributed by atoms with E-state index in [9.17, 15) is 24.0 Å². The lowest BCUT2D eigenvalue weighted by Crippen LogP contribution is -2.39. The zero-order valence-corrected chi connectivity index (χ0v) is 80.2. The maximum atomic E-state index is 12.2. The number of ether oxygens (including phenoxy) is 5. The number of morpholine rings is 3. The average Bonchev–Trinajstić information content (AvgIpc) is 0.894. The number of hydrogen-bond donors (Lipinski definition) is 3. The largest absolute Gasteiger partial charge is 0.444 e. The Morgan fingerprint density at radius 1 is 0.449 bits per heavy atom. The van der Waals surface area contributed by atoms with Gasteiger partial charge in [-0.2, -0.15) is 0 Å². The average molecular weight is 1820 g/mol. The number of benzene rings is 6. The van der Waals surface area contributed by atoms with Crippen LogP contribution in [0.1, 0.15) is 243 Å². The first-order valence-electron chi connectivity index (χ1n) is 43.5. The summed E-state index contributed by atoms with van der Waals surface area (Å²) in [6, 6.07) is 50.0. The fourth-order valence-corrected chi connectivity index (χ4v) is 13.1. The zero-order valence-electron chi connectivity index (χ0n) is 75.4. The van der Waals surface area contributed by atoms with E-state index in [1.807, 2.05) is 108 Å². The van der Waals surface area contributed by atoms with Crippen LogP contribution in [0.5, 0.6) is 0 Å². The summed E-state index contributed by atoms with van der Waals surface area (Å²) in [5.74, 6) is 0.498. The van der Waals surface area contributed by atoms with Crippen molar-refractivity contribution in [2.24, 2.45) is 0 Å². The molecule has 0 saturated carbocycles. The van der Waals surface area contributed by atoms with Gasteiger partial charge in [0.05, 0.1) is 59.6 Å². The van der Waals surface area contributed by atoms with Crippen LogP contribution in [-0.2, 0) is 62.2 Å². The van der Waals surface area contributed by atoms with Crippen LogP contribution in [0.3, 0.4) is 0 Å². The number of nitrogens with one attached hydrogen (secondary N) is 3. The number of alkyl halides is 1. The van der Waals surface area contributed by atoms with Crippen molar-refractivity contribution < 1.29 is 47.7 Å². The molecule has 2 amide bonds. The lowest BCUT2D eigenvalue weighted by atomic mass is 10.0. The van der Waals surface area contributed by atoms with Gasteiger partial charge < -0.3 is 39.6 Å². The summed E-state index contributed by atoms with van der Waals surface area (Å²) in [4.78, 5) is 61.8. The molecule has 15 nitrogen and oxygen atoms in total. The number of hydrogen-bond acceptors (Lipinski definition) is 13. The van der Waals surface area contributed by atoms with Crippen LogP contribution in [0.15, 0.2) is 171 Å². The first-order valence-corrected chi connectivity index (χ1v) is 49.3. The molecule has 0 bridgehead atoms. The predicted molar refractivity (Wildman–Crippen MR) is 513 cm³/mol. The molecule has 6 aromatic carbocycles. The zero-order chi connectivity index (χ0) is 87.4. The number of rotatable bonds is 33. The first kappa shape index (κ1) is 107. The third-order valence-corrected chi connectivity index (χ3v) is 21.1. The lowest BCUT2D eigenvalue weighted by Gasteiger charge is -2.27. The van der Waals surface area contributed by atoms with Gasteiger partial charge >= 0.3 is 12.2 Å². The van der Waals surface area contributed by atoms with Crippen molar-refractivity contribution in [2.75, 3.05) is 110 Å².